The number of carbonyl (C=O) groups excluding carboxylic acids is 1. The molecule has 1 aliphatic rings. The van der Waals surface area contributed by atoms with Crippen LogP contribution in [0.25, 0.3) is 0 Å². The minimum atomic E-state index is 0.409. The van der Waals surface area contributed by atoms with Crippen molar-refractivity contribution in [3.8, 4) is 0 Å². The maximum Gasteiger partial charge on any atom is 0.136 e. The topological polar surface area (TPSA) is 17.1 Å². The van der Waals surface area contributed by atoms with Crippen molar-refractivity contribution in [2.45, 2.75) is 39.0 Å². The Morgan fingerprint density at radius 2 is 2.33 bits per heavy atom. The van der Waals surface area contributed by atoms with Crippen molar-refractivity contribution in [2.24, 2.45) is 5.92 Å². The number of Topliss-reactive ketones (excluding diaryl/α,β-unsaturated/α-hetero) is 1. The lowest BCUT2D eigenvalue weighted by molar-refractivity contribution is -0.122. The summed E-state index contributed by atoms with van der Waals surface area (Å²) >= 11 is 1.93. The fourth-order valence-corrected chi connectivity index (χ4v) is 2.80. The maximum absolute atomic E-state index is 11.5. The van der Waals surface area contributed by atoms with Crippen molar-refractivity contribution in [2.75, 3.05) is 11.5 Å². The van der Waals surface area contributed by atoms with Crippen LogP contribution in [0.5, 0.6) is 0 Å². The first-order valence-corrected chi connectivity index (χ1v) is 6.10. The molecule has 1 nitrogen and oxygen atoms in total. The van der Waals surface area contributed by atoms with Gasteiger partial charge in [-0.1, -0.05) is 19.8 Å². The van der Waals surface area contributed by atoms with E-state index in [1.807, 2.05) is 11.8 Å². The Labute approximate surface area is 79.3 Å². The van der Waals surface area contributed by atoms with Gasteiger partial charge in [0.2, 0.25) is 0 Å². The Balaban J connectivity index is 2.10. The van der Waals surface area contributed by atoms with Crippen LogP contribution in [0, 0.1) is 5.92 Å². The average molecular weight is 186 g/mol. The number of hydrogen-bond donors (Lipinski definition) is 0. The van der Waals surface area contributed by atoms with Gasteiger partial charge in [0.1, 0.15) is 5.78 Å². The van der Waals surface area contributed by atoms with Crippen molar-refractivity contribution in [1.82, 2.24) is 0 Å². The summed E-state index contributed by atoms with van der Waals surface area (Å²) in [6, 6.07) is 0. The Bertz CT molecular complexity index is 139. The Morgan fingerprint density at radius 3 is 2.92 bits per heavy atom. The number of hydrogen-bond acceptors (Lipinski definition) is 2. The molecule has 1 saturated heterocycles. The molecule has 0 aromatic heterocycles. The highest BCUT2D eigenvalue weighted by molar-refractivity contribution is 7.99. The Hall–Kier alpha value is 0.0200. The van der Waals surface area contributed by atoms with Crippen LogP contribution in [-0.4, -0.2) is 17.3 Å². The van der Waals surface area contributed by atoms with E-state index in [1.54, 1.807) is 0 Å². The van der Waals surface area contributed by atoms with Gasteiger partial charge in [0, 0.05) is 18.1 Å². The minimum absolute atomic E-state index is 0.409. The van der Waals surface area contributed by atoms with Gasteiger partial charge in [0.05, 0.1) is 0 Å². The Morgan fingerprint density at radius 1 is 1.50 bits per heavy atom. The van der Waals surface area contributed by atoms with Crippen LogP contribution in [0.2, 0.25) is 0 Å². The molecule has 0 saturated carbocycles. The molecule has 1 atom stereocenters. The molecule has 0 amide bonds. The number of thioether (sulfide) groups is 1. The maximum atomic E-state index is 11.5. The molecule has 1 rings (SSSR count). The third-order valence-corrected chi connectivity index (χ3v) is 3.57. The Kier molecular flexibility index (Phi) is 4.74. The predicted octanol–water partition coefficient (Wildman–Crippen LogP) is 2.89. The number of unbranched alkanes of at least 4 members (excludes halogenated alkanes) is 2. The van der Waals surface area contributed by atoms with Crippen LogP contribution in [0.3, 0.4) is 0 Å². The van der Waals surface area contributed by atoms with E-state index in [9.17, 15) is 4.79 Å². The second kappa shape index (κ2) is 5.63. The second-order valence-electron chi connectivity index (χ2n) is 3.48. The fraction of sp³-hybridized carbons (Fsp3) is 0.900. The van der Waals surface area contributed by atoms with E-state index in [4.69, 9.17) is 0 Å². The van der Waals surface area contributed by atoms with Crippen molar-refractivity contribution < 1.29 is 4.79 Å². The zero-order chi connectivity index (χ0) is 8.81. The smallest absolute Gasteiger partial charge is 0.136 e. The lowest BCUT2D eigenvalue weighted by Gasteiger charge is -2.05. The van der Waals surface area contributed by atoms with E-state index in [1.165, 1.54) is 18.6 Å². The van der Waals surface area contributed by atoms with Gasteiger partial charge in [-0.2, -0.15) is 11.8 Å². The van der Waals surface area contributed by atoms with Gasteiger partial charge < -0.3 is 0 Å². The molecule has 1 heterocycles. The molecule has 0 unspecified atom stereocenters. The minimum Gasteiger partial charge on any atom is -0.299 e. The molecule has 12 heavy (non-hydrogen) atoms. The summed E-state index contributed by atoms with van der Waals surface area (Å²) in [5, 5.41) is 0. The largest absolute Gasteiger partial charge is 0.299 e. The number of ketones is 1. The summed E-state index contributed by atoms with van der Waals surface area (Å²) < 4.78 is 0. The number of rotatable bonds is 5. The molecule has 70 valence electrons. The summed E-state index contributed by atoms with van der Waals surface area (Å²) in [4.78, 5) is 11.5. The average Bonchev–Trinajstić information content (AvgIpc) is 2.56. The van der Waals surface area contributed by atoms with E-state index in [-0.39, 0.29) is 0 Å². The van der Waals surface area contributed by atoms with Gasteiger partial charge in [0.15, 0.2) is 0 Å². The van der Waals surface area contributed by atoms with Gasteiger partial charge in [-0.05, 0) is 18.6 Å². The summed E-state index contributed by atoms with van der Waals surface area (Å²) in [5.74, 6) is 3.22. The van der Waals surface area contributed by atoms with Gasteiger partial charge >= 0.3 is 0 Å². The van der Waals surface area contributed by atoms with E-state index >= 15 is 0 Å². The molecular formula is C10H18OS. The lowest BCUT2D eigenvalue weighted by Crippen LogP contribution is -2.12. The molecule has 0 radical (unpaired) electrons. The van der Waals surface area contributed by atoms with Crippen LogP contribution in [0.15, 0.2) is 0 Å². The summed E-state index contributed by atoms with van der Waals surface area (Å²) in [5.41, 5.74) is 0. The van der Waals surface area contributed by atoms with E-state index < -0.39 is 0 Å². The van der Waals surface area contributed by atoms with Crippen molar-refractivity contribution in [3.63, 3.8) is 0 Å². The molecule has 1 aliphatic heterocycles. The SMILES string of the molecule is CCCCCC(=O)[C@@H]1CCSC1. The van der Waals surface area contributed by atoms with E-state index in [0.29, 0.717) is 11.7 Å². The highest BCUT2D eigenvalue weighted by Crippen LogP contribution is 2.25. The van der Waals surface area contributed by atoms with E-state index in [0.717, 1.165) is 25.0 Å². The molecule has 0 spiro atoms. The third kappa shape index (κ3) is 3.18. The van der Waals surface area contributed by atoms with Crippen molar-refractivity contribution in [3.05, 3.63) is 0 Å². The highest BCUT2D eigenvalue weighted by Gasteiger charge is 2.21. The molecule has 0 aromatic carbocycles. The molecule has 1 fully saturated rings. The van der Waals surface area contributed by atoms with Crippen LogP contribution < -0.4 is 0 Å². The van der Waals surface area contributed by atoms with Crippen LogP contribution in [-0.2, 0) is 4.79 Å². The zero-order valence-corrected chi connectivity index (χ0v) is 8.66. The first-order chi connectivity index (χ1) is 5.84. The van der Waals surface area contributed by atoms with Gasteiger partial charge in [0.25, 0.3) is 0 Å². The molecule has 0 aromatic rings. The van der Waals surface area contributed by atoms with Gasteiger partial charge in [-0.25, -0.2) is 0 Å². The third-order valence-electron chi connectivity index (χ3n) is 2.41. The summed E-state index contributed by atoms with van der Waals surface area (Å²) in [7, 11) is 0. The number of carbonyl (C=O) groups is 1. The fourth-order valence-electron chi connectivity index (χ4n) is 1.54. The monoisotopic (exact) mass is 186 g/mol. The normalized spacial score (nSPS) is 22.9. The first-order valence-electron chi connectivity index (χ1n) is 4.95. The van der Waals surface area contributed by atoms with Gasteiger partial charge in [-0.15, -0.1) is 0 Å². The molecule has 0 N–H and O–H groups in total. The van der Waals surface area contributed by atoms with Crippen LogP contribution in [0.1, 0.15) is 39.0 Å². The van der Waals surface area contributed by atoms with Crippen LogP contribution in [0.4, 0.5) is 0 Å². The summed E-state index contributed by atoms with van der Waals surface area (Å²) in [6.45, 7) is 2.18. The predicted molar refractivity (Wildman–Crippen MR) is 54.6 cm³/mol. The quantitative estimate of drug-likeness (QED) is 0.614. The standard InChI is InChI=1S/C10H18OS/c1-2-3-4-5-10(11)9-6-7-12-8-9/h9H,2-8H2,1H3/t9-/m1/s1. The molecular weight excluding hydrogens is 168 g/mol. The van der Waals surface area contributed by atoms with E-state index in [2.05, 4.69) is 6.92 Å². The zero-order valence-electron chi connectivity index (χ0n) is 7.84. The molecule has 2 heteroatoms. The second-order valence-corrected chi connectivity index (χ2v) is 4.63. The van der Waals surface area contributed by atoms with Gasteiger partial charge in [-0.3, -0.25) is 4.79 Å². The molecule has 0 bridgehead atoms. The van der Waals surface area contributed by atoms with Crippen molar-refractivity contribution >= 4 is 17.5 Å². The molecule has 0 aliphatic carbocycles. The summed E-state index contributed by atoms with van der Waals surface area (Å²) in [6.07, 6.45) is 5.50. The highest BCUT2D eigenvalue weighted by atomic mass is 32.2. The van der Waals surface area contributed by atoms with Crippen molar-refractivity contribution in [1.29, 1.82) is 0 Å². The first kappa shape index (κ1) is 10.1. The van der Waals surface area contributed by atoms with Crippen LogP contribution >= 0.6 is 11.8 Å². The lowest BCUT2D eigenvalue weighted by atomic mass is 9.99.